The molecule has 2 atom stereocenters. The normalized spacial score (nSPS) is 27.4. The first-order valence-electron chi connectivity index (χ1n) is 6.70. The lowest BCUT2D eigenvalue weighted by Gasteiger charge is -2.32. The fourth-order valence-corrected chi connectivity index (χ4v) is 2.46. The maximum Gasteiger partial charge on any atom is 0.0112 e. The second-order valence-electron chi connectivity index (χ2n) is 7.32. The van der Waals surface area contributed by atoms with Crippen molar-refractivity contribution in [3.8, 4) is 0 Å². The standard InChI is InChI=1S/C14H30N2/c1-13(2,3)15-10-11-8-7-9-12(11)16-14(4,5)6/h11-12,15-16H,7-10H2,1-6H3. The quantitative estimate of drug-likeness (QED) is 0.773. The molecule has 2 nitrogen and oxygen atoms in total. The van der Waals surface area contributed by atoms with Crippen molar-refractivity contribution in [3.63, 3.8) is 0 Å². The predicted molar refractivity (Wildman–Crippen MR) is 71.8 cm³/mol. The van der Waals surface area contributed by atoms with Crippen molar-refractivity contribution < 1.29 is 0 Å². The molecular formula is C14H30N2. The van der Waals surface area contributed by atoms with Gasteiger partial charge in [-0.1, -0.05) is 6.42 Å². The van der Waals surface area contributed by atoms with E-state index in [1.807, 2.05) is 0 Å². The highest BCUT2D eigenvalue weighted by Gasteiger charge is 2.30. The molecule has 2 N–H and O–H groups in total. The summed E-state index contributed by atoms with van der Waals surface area (Å²) in [6.07, 6.45) is 4.09. The van der Waals surface area contributed by atoms with E-state index in [2.05, 4.69) is 52.2 Å². The molecular weight excluding hydrogens is 196 g/mol. The van der Waals surface area contributed by atoms with E-state index >= 15 is 0 Å². The van der Waals surface area contributed by atoms with Gasteiger partial charge >= 0.3 is 0 Å². The molecule has 2 unspecified atom stereocenters. The van der Waals surface area contributed by atoms with Gasteiger partial charge in [-0.3, -0.25) is 0 Å². The summed E-state index contributed by atoms with van der Waals surface area (Å²) in [6.45, 7) is 14.7. The van der Waals surface area contributed by atoms with Crippen LogP contribution in [0.3, 0.4) is 0 Å². The first-order chi connectivity index (χ1) is 7.17. The predicted octanol–water partition coefficient (Wildman–Crippen LogP) is 2.93. The molecule has 2 heteroatoms. The van der Waals surface area contributed by atoms with E-state index < -0.39 is 0 Å². The lowest BCUT2D eigenvalue weighted by molar-refractivity contribution is 0.282. The van der Waals surface area contributed by atoms with Gasteiger partial charge in [-0.2, -0.15) is 0 Å². The molecule has 0 heterocycles. The van der Waals surface area contributed by atoms with E-state index in [-0.39, 0.29) is 11.1 Å². The van der Waals surface area contributed by atoms with Gasteiger partial charge in [0.25, 0.3) is 0 Å². The number of nitrogens with one attached hydrogen (secondary N) is 2. The Labute approximate surface area is 102 Å². The van der Waals surface area contributed by atoms with E-state index in [0.29, 0.717) is 6.04 Å². The molecule has 0 bridgehead atoms. The Bertz CT molecular complexity index is 210. The van der Waals surface area contributed by atoms with E-state index in [9.17, 15) is 0 Å². The van der Waals surface area contributed by atoms with Crippen LogP contribution in [0, 0.1) is 5.92 Å². The molecule has 0 aromatic carbocycles. The Kier molecular flexibility index (Phi) is 4.42. The van der Waals surface area contributed by atoms with Gasteiger partial charge in [0.2, 0.25) is 0 Å². The summed E-state index contributed by atoms with van der Waals surface area (Å²) in [4.78, 5) is 0. The largest absolute Gasteiger partial charge is 0.312 e. The van der Waals surface area contributed by atoms with Crippen molar-refractivity contribution in [2.24, 2.45) is 5.92 Å². The van der Waals surface area contributed by atoms with Gasteiger partial charge in [-0.15, -0.1) is 0 Å². The molecule has 1 rings (SSSR count). The van der Waals surface area contributed by atoms with Crippen LogP contribution < -0.4 is 10.6 Å². The zero-order valence-corrected chi connectivity index (χ0v) is 12.0. The zero-order chi connectivity index (χ0) is 12.4. The summed E-state index contributed by atoms with van der Waals surface area (Å²) in [7, 11) is 0. The lowest BCUT2D eigenvalue weighted by atomic mass is 9.98. The van der Waals surface area contributed by atoms with Crippen LogP contribution in [0.25, 0.3) is 0 Å². The fraction of sp³-hybridized carbons (Fsp3) is 1.00. The SMILES string of the molecule is CC(C)(C)NCC1CCCC1NC(C)(C)C. The summed E-state index contributed by atoms with van der Waals surface area (Å²) >= 11 is 0. The van der Waals surface area contributed by atoms with Crippen LogP contribution >= 0.6 is 0 Å². The Hall–Kier alpha value is -0.0800. The third kappa shape index (κ3) is 5.31. The first kappa shape index (κ1) is 14.0. The smallest absolute Gasteiger partial charge is 0.0112 e. The van der Waals surface area contributed by atoms with Crippen LogP contribution in [0.15, 0.2) is 0 Å². The molecule has 1 aliphatic rings. The third-order valence-electron chi connectivity index (χ3n) is 3.17. The molecule has 1 aliphatic carbocycles. The van der Waals surface area contributed by atoms with Crippen molar-refractivity contribution in [2.45, 2.75) is 77.9 Å². The molecule has 0 amide bonds. The average Bonchev–Trinajstić information content (AvgIpc) is 2.44. The summed E-state index contributed by atoms with van der Waals surface area (Å²) in [5.41, 5.74) is 0.490. The zero-order valence-electron chi connectivity index (χ0n) is 12.0. The minimum Gasteiger partial charge on any atom is -0.312 e. The van der Waals surface area contributed by atoms with Gasteiger partial charge in [-0.25, -0.2) is 0 Å². The maximum absolute atomic E-state index is 3.76. The average molecular weight is 226 g/mol. The maximum atomic E-state index is 3.76. The molecule has 0 radical (unpaired) electrons. The summed E-state index contributed by atoms with van der Waals surface area (Å²) in [5, 5.41) is 7.40. The Balaban J connectivity index is 2.41. The van der Waals surface area contributed by atoms with Crippen LogP contribution in [0.2, 0.25) is 0 Å². The van der Waals surface area contributed by atoms with Crippen molar-refractivity contribution in [1.29, 1.82) is 0 Å². The monoisotopic (exact) mass is 226 g/mol. The van der Waals surface area contributed by atoms with Crippen molar-refractivity contribution in [2.75, 3.05) is 6.54 Å². The van der Waals surface area contributed by atoms with Crippen molar-refractivity contribution >= 4 is 0 Å². The van der Waals surface area contributed by atoms with Crippen LogP contribution in [-0.2, 0) is 0 Å². The highest BCUT2D eigenvalue weighted by molar-refractivity contribution is 4.89. The minimum absolute atomic E-state index is 0.245. The number of hydrogen-bond donors (Lipinski definition) is 2. The molecule has 0 aromatic rings. The summed E-state index contributed by atoms with van der Waals surface area (Å²) in [6, 6.07) is 0.704. The van der Waals surface area contributed by atoms with Gasteiger partial charge in [0.05, 0.1) is 0 Å². The molecule has 0 saturated heterocycles. The van der Waals surface area contributed by atoms with Gasteiger partial charge in [-0.05, 0) is 66.8 Å². The van der Waals surface area contributed by atoms with Crippen molar-refractivity contribution in [1.82, 2.24) is 10.6 Å². The lowest BCUT2D eigenvalue weighted by Crippen LogP contribution is -2.49. The molecule has 16 heavy (non-hydrogen) atoms. The van der Waals surface area contributed by atoms with Crippen LogP contribution in [-0.4, -0.2) is 23.7 Å². The van der Waals surface area contributed by atoms with Crippen molar-refractivity contribution in [3.05, 3.63) is 0 Å². The van der Waals surface area contributed by atoms with E-state index in [1.54, 1.807) is 0 Å². The molecule has 0 spiro atoms. The summed E-state index contributed by atoms with van der Waals surface area (Å²) < 4.78 is 0. The topological polar surface area (TPSA) is 24.1 Å². The van der Waals surface area contributed by atoms with Crippen LogP contribution in [0.5, 0.6) is 0 Å². The minimum atomic E-state index is 0.245. The Morgan fingerprint density at radius 1 is 0.938 bits per heavy atom. The highest BCUT2D eigenvalue weighted by atomic mass is 15.0. The second kappa shape index (κ2) is 5.05. The van der Waals surface area contributed by atoms with Gasteiger partial charge in [0, 0.05) is 17.1 Å². The molecule has 0 aromatic heterocycles. The highest BCUT2D eigenvalue weighted by Crippen LogP contribution is 2.27. The third-order valence-corrected chi connectivity index (χ3v) is 3.17. The molecule has 1 saturated carbocycles. The Morgan fingerprint density at radius 3 is 2.06 bits per heavy atom. The van der Waals surface area contributed by atoms with Gasteiger partial charge in [0.15, 0.2) is 0 Å². The van der Waals surface area contributed by atoms with Gasteiger partial charge in [0.1, 0.15) is 0 Å². The second-order valence-corrected chi connectivity index (χ2v) is 7.32. The van der Waals surface area contributed by atoms with E-state index in [0.717, 1.165) is 12.5 Å². The van der Waals surface area contributed by atoms with Crippen LogP contribution in [0.4, 0.5) is 0 Å². The Morgan fingerprint density at radius 2 is 1.56 bits per heavy atom. The number of hydrogen-bond acceptors (Lipinski definition) is 2. The molecule has 96 valence electrons. The fourth-order valence-electron chi connectivity index (χ4n) is 2.46. The van der Waals surface area contributed by atoms with Gasteiger partial charge < -0.3 is 10.6 Å². The molecule has 1 fully saturated rings. The first-order valence-corrected chi connectivity index (χ1v) is 6.70. The van der Waals surface area contributed by atoms with E-state index in [4.69, 9.17) is 0 Å². The summed E-state index contributed by atoms with van der Waals surface area (Å²) in [5.74, 6) is 0.804. The van der Waals surface area contributed by atoms with E-state index in [1.165, 1.54) is 19.3 Å². The number of rotatable bonds is 3. The molecule has 0 aliphatic heterocycles. The van der Waals surface area contributed by atoms with Crippen LogP contribution in [0.1, 0.15) is 60.8 Å².